The first-order chi connectivity index (χ1) is 7.28. The minimum Gasteiger partial charge on any atom is -0.309 e. The lowest BCUT2D eigenvalue weighted by atomic mass is 10.2. The third-order valence-electron chi connectivity index (χ3n) is 2.31. The Bertz CT molecular complexity index is 451. The predicted octanol–water partition coefficient (Wildman–Crippen LogP) is 0.251. The molecule has 1 heterocycles. The number of nitrogens with one attached hydrogen (secondary N) is 1. The number of rotatable bonds is 5. The van der Waals surface area contributed by atoms with Crippen LogP contribution in [0, 0.1) is 6.92 Å². The molecule has 0 amide bonds. The van der Waals surface area contributed by atoms with Gasteiger partial charge in [-0.1, -0.05) is 0 Å². The van der Waals surface area contributed by atoms with Crippen LogP contribution in [0.3, 0.4) is 0 Å². The molecule has 1 N–H and O–H groups in total. The quantitative estimate of drug-likeness (QED) is 0.808. The van der Waals surface area contributed by atoms with Gasteiger partial charge in [0.1, 0.15) is 9.84 Å². The van der Waals surface area contributed by atoms with Gasteiger partial charge in [-0.3, -0.25) is 4.68 Å². The van der Waals surface area contributed by atoms with Crippen LogP contribution < -0.4 is 5.32 Å². The molecule has 0 saturated heterocycles. The van der Waals surface area contributed by atoms with Crippen molar-refractivity contribution >= 4 is 9.84 Å². The third kappa shape index (κ3) is 4.32. The van der Waals surface area contributed by atoms with Crippen LogP contribution in [0.2, 0.25) is 0 Å². The minimum absolute atomic E-state index is 0.0467. The molecule has 1 aromatic heterocycles. The van der Waals surface area contributed by atoms with Gasteiger partial charge < -0.3 is 5.32 Å². The molecule has 6 heteroatoms. The second-order valence-electron chi connectivity index (χ2n) is 4.29. The van der Waals surface area contributed by atoms with Crippen molar-refractivity contribution in [2.45, 2.75) is 26.4 Å². The number of sulfone groups is 1. The first-order valence-corrected chi connectivity index (χ1v) is 7.24. The Morgan fingerprint density at radius 2 is 2.19 bits per heavy atom. The molecule has 1 atom stereocenters. The van der Waals surface area contributed by atoms with Crippen LogP contribution in [-0.2, 0) is 23.4 Å². The fraction of sp³-hybridized carbons (Fsp3) is 0.700. The monoisotopic (exact) mass is 245 g/mol. The Morgan fingerprint density at radius 3 is 2.62 bits per heavy atom. The Morgan fingerprint density at radius 1 is 1.56 bits per heavy atom. The standard InChI is InChI=1S/C10H19N3O2S/c1-8(7-16(4,14)15)11-5-10-6-13(3)12-9(10)2/h6,8,11H,5,7H2,1-4H3. The van der Waals surface area contributed by atoms with E-state index >= 15 is 0 Å². The summed E-state index contributed by atoms with van der Waals surface area (Å²) in [5.41, 5.74) is 2.07. The van der Waals surface area contributed by atoms with E-state index in [4.69, 9.17) is 0 Å². The second kappa shape index (κ2) is 4.97. The summed E-state index contributed by atoms with van der Waals surface area (Å²) in [6.45, 7) is 4.46. The molecule has 0 aliphatic heterocycles. The molecule has 1 rings (SSSR count). The van der Waals surface area contributed by atoms with Gasteiger partial charge in [0.2, 0.25) is 0 Å². The molecule has 0 spiro atoms. The number of aromatic nitrogens is 2. The molecule has 0 radical (unpaired) electrons. The minimum atomic E-state index is -2.92. The van der Waals surface area contributed by atoms with Crippen LogP contribution in [-0.4, -0.2) is 36.2 Å². The number of hydrogen-bond donors (Lipinski definition) is 1. The van der Waals surface area contributed by atoms with Gasteiger partial charge in [-0.15, -0.1) is 0 Å². The van der Waals surface area contributed by atoms with Gasteiger partial charge in [0.15, 0.2) is 0 Å². The zero-order valence-corrected chi connectivity index (χ0v) is 11.0. The van der Waals surface area contributed by atoms with Crippen LogP contribution in [0.4, 0.5) is 0 Å². The average molecular weight is 245 g/mol. The van der Waals surface area contributed by atoms with E-state index in [-0.39, 0.29) is 11.8 Å². The maximum atomic E-state index is 11.1. The smallest absolute Gasteiger partial charge is 0.148 e. The van der Waals surface area contributed by atoms with E-state index < -0.39 is 9.84 Å². The summed E-state index contributed by atoms with van der Waals surface area (Å²) in [6, 6.07) is -0.0467. The molecule has 5 nitrogen and oxygen atoms in total. The van der Waals surface area contributed by atoms with Crippen LogP contribution in [0.15, 0.2) is 6.20 Å². The maximum absolute atomic E-state index is 11.1. The maximum Gasteiger partial charge on any atom is 0.148 e. The molecule has 0 aliphatic carbocycles. The lowest BCUT2D eigenvalue weighted by molar-refractivity contribution is 0.559. The highest BCUT2D eigenvalue weighted by molar-refractivity contribution is 7.90. The Hall–Kier alpha value is -0.880. The van der Waals surface area contributed by atoms with Crippen molar-refractivity contribution in [3.63, 3.8) is 0 Å². The van der Waals surface area contributed by atoms with Gasteiger partial charge in [-0.2, -0.15) is 5.10 Å². The van der Waals surface area contributed by atoms with Gasteiger partial charge in [-0.05, 0) is 13.8 Å². The van der Waals surface area contributed by atoms with Gasteiger partial charge in [0.05, 0.1) is 11.4 Å². The highest BCUT2D eigenvalue weighted by Gasteiger charge is 2.11. The SMILES string of the molecule is Cc1nn(C)cc1CNC(C)CS(C)(=O)=O. The highest BCUT2D eigenvalue weighted by Crippen LogP contribution is 2.04. The van der Waals surface area contributed by atoms with Crippen LogP contribution >= 0.6 is 0 Å². The molecule has 0 saturated carbocycles. The molecule has 1 aromatic rings. The predicted molar refractivity (Wildman–Crippen MR) is 64.0 cm³/mol. The summed E-state index contributed by atoms with van der Waals surface area (Å²) < 4.78 is 23.9. The Balaban J connectivity index is 2.49. The molecular formula is C10H19N3O2S. The summed E-state index contributed by atoms with van der Waals surface area (Å²) in [6.07, 6.45) is 3.19. The number of hydrogen-bond acceptors (Lipinski definition) is 4. The first-order valence-electron chi connectivity index (χ1n) is 5.18. The number of aryl methyl sites for hydroxylation is 2. The van der Waals surface area contributed by atoms with Crippen molar-refractivity contribution in [2.24, 2.45) is 7.05 Å². The Kier molecular flexibility index (Phi) is 4.09. The van der Waals surface area contributed by atoms with Crippen LogP contribution in [0.1, 0.15) is 18.2 Å². The third-order valence-corrected chi connectivity index (χ3v) is 3.41. The van der Waals surface area contributed by atoms with E-state index in [0.29, 0.717) is 6.54 Å². The molecule has 0 aromatic carbocycles. The van der Waals surface area contributed by atoms with Gasteiger partial charge in [-0.25, -0.2) is 8.42 Å². The zero-order chi connectivity index (χ0) is 12.3. The van der Waals surface area contributed by atoms with E-state index in [2.05, 4.69) is 10.4 Å². The summed E-state index contributed by atoms with van der Waals surface area (Å²) in [5, 5.41) is 7.40. The summed E-state index contributed by atoms with van der Waals surface area (Å²) >= 11 is 0. The van der Waals surface area contributed by atoms with Crippen LogP contribution in [0.25, 0.3) is 0 Å². The second-order valence-corrected chi connectivity index (χ2v) is 6.47. The van der Waals surface area contributed by atoms with Crippen molar-refractivity contribution in [1.82, 2.24) is 15.1 Å². The van der Waals surface area contributed by atoms with Crippen molar-refractivity contribution in [3.8, 4) is 0 Å². The molecule has 16 heavy (non-hydrogen) atoms. The molecule has 1 unspecified atom stereocenters. The zero-order valence-electron chi connectivity index (χ0n) is 10.2. The van der Waals surface area contributed by atoms with Crippen LogP contribution in [0.5, 0.6) is 0 Å². The van der Waals surface area contributed by atoms with E-state index in [1.54, 1.807) is 4.68 Å². The largest absolute Gasteiger partial charge is 0.309 e. The van der Waals surface area contributed by atoms with Gasteiger partial charge >= 0.3 is 0 Å². The highest BCUT2D eigenvalue weighted by atomic mass is 32.2. The normalized spacial score (nSPS) is 14.0. The van der Waals surface area contributed by atoms with Gasteiger partial charge in [0, 0.05) is 37.7 Å². The summed E-state index contributed by atoms with van der Waals surface area (Å²) in [4.78, 5) is 0. The lowest BCUT2D eigenvalue weighted by Crippen LogP contribution is -2.32. The van der Waals surface area contributed by atoms with Gasteiger partial charge in [0.25, 0.3) is 0 Å². The van der Waals surface area contributed by atoms with E-state index in [9.17, 15) is 8.42 Å². The summed E-state index contributed by atoms with van der Waals surface area (Å²) in [7, 11) is -1.04. The van der Waals surface area contributed by atoms with Crippen molar-refractivity contribution < 1.29 is 8.42 Å². The van der Waals surface area contributed by atoms with Crippen molar-refractivity contribution in [2.75, 3.05) is 12.0 Å². The van der Waals surface area contributed by atoms with E-state index in [0.717, 1.165) is 11.3 Å². The fourth-order valence-electron chi connectivity index (χ4n) is 1.62. The van der Waals surface area contributed by atoms with Crippen molar-refractivity contribution in [1.29, 1.82) is 0 Å². The molecule has 0 fully saturated rings. The average Bonchev–Trinajstić information content (AvgIpc) is 2.38. The summed E-state index contributed by atoms with van der Waals surface area (Å²) in [5.74, 6) is 0.159. The lowest BCUT2D eigenvalue weighted by Gasteiger charge is -2.11. The van der Waals surface area contributed by atoms with E-state index in [1.807, 2.05) is 27.1 Å². The topological polar surface area (TPSA) is 64.0 Å². The molecule has 0 bridgehead atoms. The molecular weight excluding hydrogens is 226 g/mol. The molecule has 0 aliphatic rings. The molecule has 92 valence electrons. The van der Waals surface area contributed by atoms with E-state index in [1.165, 1.54) is 6.26 Å². The fourth-order valence-corrected chi connectivity index (χ4v) is 2.65. The van der Waals surface area contributed by atoms with Crippen molar-refractivity contribution in [3.05, 3.63) is 17.5 Å². The Labute approximate surface area is 96.8 Å². The number of nitrogens with zero attached hydrogens (tertiary/aromatic N) is 2. The first kappa shape index (κ1) is 13.2.